The summed E-state index contributed by atoms with van der Waals surface area (Å²) in [6.07, 6.45) is 0. The minimum Gasteiger partial charge on any atom is -0.310 e. The summed E-state index contributed by atoms with van der Waals surface area (Å²) in [5, 5.41) is 7.64. The van der Waals surface area contributed by atoms with Gasteiger partial charge in [-0.15, -0.1) is 11.3 Å². The molecule has 1 heterocycles. The van der Waals surface area contributed by atoms with Gasteiger partial charge in [-0.2, -0.15) is 0 Å². The van der Waals surface area contributed by atoms with E-state index in [0.29, 0.717) is 0 Å². The van der Waals surface area contributed by atoms with Crippen molar-refractivity contribution in [2.75, 3.05) is 4.90 Å². The summed E-state index contributed by atoms with van der Waals surface area (Å²) in [6.45, 7) is 0. The Morgan fingerprint density at radius 3 is 1.73 bits per heavy atom. The normalized spacial score (nSPS) is 11.5. The molecule has 9 aromatic carbocycles. The zero-order chi connectivity index (χ0) is 34.4. The summed E-state index contributed by atoms with van der Waals surface area (Å²) in [5.74, 6) is 0. The molecule has 1 nitrogen and oxygen atoms in total. The van der Waals surface area contributed by atoms with E-state index in [1.807, 2.05) is 11.3 Å². The first-order valence-corrected chi connectivity index (χ1v) is 18.6. The SMILES string of the molecule is c1cc(-c2ccc3ccccc3c2)cc(N(c2ccc(-c3cccc4c3sc3ccccc34)cc2)c2cccc(-c3cccc4ccccc34)c2)c1. The lowest BCUT2D eigenvalue weighted by Crippen LogP contribution is -2.10. The fourth-order valence-corrected chi connectivity index (χ4v) is 8.93. The molecule has 0 aliphatic rings. The van der Waals surface area contributed by atoms with Gasteiger partial charge in [0.15, 0.2) is 0 Å². The molecule has 0 aliphatic heterocycles. The predicted molar refractivity (Wildman–Crippen MR) is 225 cm³/mol. The molecular formula is C50H33NS. The molecule has 0 saturated heterocycles. The molecule has 0 radical (unpaired) electrons. The van der Waals surface area contributed by atoms with Gasteiger partial charge in [0, 0.05) is 37.2 Å². The second kappa shape index (κ2) is 12.7. The van der Waals surface area contributed by atoms with E-state index in [4.69, 9.17) is 0 Å². The average Bonchev–Trinajstić information content (AvgIpc) is 3.60. The van der Waals surface area contributed by atoms with Gasteiger partial charge in [0.05, 0.1) is 0 Å². The number of hydrogen-bond acceptors (Lipinski definition) is 2. The first-order chi connectivity index (χ1) is 25.8. The highest BCUT2D eigenvalue weighted by atomic mass is 32.1. The van der Waals surface area contributed by atoms with Crippen LogP contribution >= 0.6 is 11.3 Å². The Balaban J connectivity index is 1.11. The highest BCUT2D eigenvalue weighted by Gasteiger charge is 2.17. The summed E-state index contributed by atoms with van der Waals surface area (Å²) in [7, 11) is 0. The third-order valence-electron chi connectivity index (χ3n) is 10.2. The van der Waals surface area contributed by atoms with Crippen LogP contribution in [0.25, 0.3) is 75.1 Å². The smallest absolute Gasteiger partial charge is 0.0467 e. The van der Waals surface area contributed by atoms with Crippen LogP contribution in [0.4, 0.5) is 17.1 Å². The van der Waals surface area contributed by atoms with Gasteiger partial charge in [-0.25, -0.2) is 0 Å². The van der Waals surface area contributed by atoms with Crippen molar-refractivity contribution in [2.24, 2.45) is 0 Å². The minimum absolute atomic E-state index is 1.11. The molecule has 0 N–H and O–H groups in total. The Morgan fingerprint density at radius 2 is 0.885 bits per heavy atom. The maximum atomic E-state index is 2.39. The van der Waals surface area contributed by atoms with Crippen LogP contribution in [-0.4, -0.2) is 0 Å². The van der Waals surface area contributed by atoms with Gasteiger partial charge in [-0.1, -0.05) is 152 Å². The Labute approximate surface area is 307 Å². The third kappa shape index (κ3) is 5.33. The molecule has 2 heteroatoms. The Bertz CT molecular complexity index is 2910. The van der Waals surface area contributed by atoms with E-state index in [0.717, 1.165) is 17.1 Å². The molecule has 0 unspecified atom stereocenters. The standard InChI is InChI=1S/C50H33NS/c1-2-13-37-31-39(26-25-34(37)11-1)38-15-7-17-42(32-38)51(43-18-8-16-40(33-43)45-21-9-14-35-12-3-4-19-44(35)45)41-29-27-36(28-30-41)46-22-10-23-48-47-20-5-6-24-49(47)52-50(46)48/h1-33H. The molecular weight excluding hydrogens is 647 g/mol. The van der Waals surface area contributed by atoms with Crippen molar-refractivity contribution in [1.82, 2.24) is 0 Å². The highest BCUT2D eigenvalue weighted by Crippen LogP contribution is 2.43. The van der Waals surface area contributed by atoms with Crippen molar-refractivity contribution < 1.29 is 0 Å². The fraction of sp³-hybridized carbons (Fsp3) is 0. The maximum absolute atomic E-state index is 2.39. The van der Waals surface area contributed by atoms with Crippen LogP contribution in [0.3, 0.4) is 0 Å². The van der Waals surface area contributed by atoms with Crippen molar-refractivity contribution in [2.45, 2.75) is 0 Å². The molecule has 0 fully saturated rings. The largest absolute Gasteiger partial charge is 0.310 e. The van der Waals surface area contributed by atoms with E-state index in [-0.39, 0.29) is 0 Å². The Kier molecular flexibility index (Phi) is 7.41. The average molecular weight is 680 g/mol. The lowest BCUT2D eigenvalue weighted by atomic mass is 9.97. The molecule has 1 aromatic heterocycles. The molecule has 0 atom stereocenters. The number of hydrogen-bond donors (Lipinski definition) is 0. The minimum atomic E-state index is 1.11. The molecule has 52 heavy (non-hydrogen) atoms. The number of rotatable bonds is 6. The summed E-state index contributed by atoms with van der Waals surface area (Å²) in [6, 6.07) is 73.0. The van der Waals surface area contributed by atoms with E-state index >= 15 is 0 Å². The zero-order valence-electron chi connectivity index (χ0n) is 28.4. The zero-order valence-corrected chi connectivity index (χ0v) is 29.2. The number of benzene rings is 9. The topological polar surface area (TPSA) is 3.24 Å². The molecule has 0 spiro atoms. The lowest BCUT2D eigenvalue weighted by Gasteiger charge is -2.27. The van der Waals surface area contributed by atoms with E-state index in [9.17, 15) is 0 Å². The van der Waals surface area contributed by atoms with E-state index in [1.54, 1.807) is 0 Å². The van der Waals surface area contributed by atoms with Crippen molar-refractivity contribution in [3.05, 3.63) is 200 Å². The first kappa shape index (κ1) is 30.4. The Hall–Kier alpha value is -6.48. The Morgan fingerprint density at radius 1 is 0.308 bits per heavy atom. The van der Waals surface area contributed by atoms with Crippen LogP contribution in [0.2, 0.25) is 0 Å². The summed E-state index contributed by atoms with van der Waals surface area (Å²) in [5.41, 5.74) is 10.6. The van der Waals surface area contributed by atoms with Crippen molar-refractivity contribution in [1.29, 1.82) is 0 Å². The van der Waals surface area contributed by atoms with Gasteiger partial charge in [0.1, 0.15) is 0 Å². The van der Waals surface area contributed by atoms with Crippen LogP contribution in [0.1, 0.15) is 0 Å². The molecule has 0 aliphatic carbocycles. The number of anilines is 3. The summed E-state index contributed by atoms with van der Waals surface area (Å²) < 4.78 is 2.66. The van der Waals surface area contributed by atoms with Crippen molar-refractivity contribution in [3.63, 3.8) is 0 Å². The van der Waals surface area contributed by atoms with Gasteiger partial charge in [0.2, 0.25) is 0 Å². The molecule has 10 aromatic rings. The monoisotopic (exact) mass is 679 g/mol. The number of thiophene rings is 1. The maximum Gasteiger partial charge on any atom is 0.0467 e. The summed E-state index contributed by atoms with van der Waals surface area (Å²) in [4.78, 5) is 2.39. The van der Waals surface area contributed by atoms with Crippen LogP contribution in [0.5, 0.6) is 0 Å². The van der Waals surface area contributed by atoms with E-state index < -0.39 is 0 Å². The van der Waals surface area contributed by atoms with Gasteiger partial charge >= 0.3 is 0 Å². The van der Waals surface area contributed by atoms with Crippen LogP contribution in [-0.2, 0) is 0 Å². The van der Waals surface area contributed by atoms with Gasteiger partial charge in [-0.3, -0.25) is 0 Å². The van der Waals surface area contributed by atoms with Crippen LogP contribution in [0, 0.1) is 0 Å². The molecule has 10 rings (SSSR count). The number of nitrogens with zero attached hydrogens (tertiary/aromatic N) is 1. The van der Waals surface area contributed by atoms with Gasteiger partial charge in [-0.05, 0) is 103 Å². The molecule has 0 saturated carbocycles. The predicted octanol–water partition coefficient (Wildman–Crippen LogP) is 14.8. The van der Waals surface area contributed by atoms with E-state index in [2.05, 4.69) is 205 Å². The van der Waals surface area contributed by atoms with E-state index in [1.165, 1.54) is 75.1 Å². The van der Waals surface area contributed by atoms with Gasteiger partial charge in [0.25, 0.3) is 0 Å². The first-order valence-electron chi connectivity index (χ1n) is 17.8. The molecule has 244 valence electrons. The second-order valence-corrected chi connectivity index (χ2v) is 14.4. The third-order valence-corrected chi connectivity index (χ3v) is 11.5. The lowest BCUT2D eigenvalue weighted by molar-refractivity contribution is 1.28. The second-order valence-electron chi connectivity index (χ2n) is 13.4. The van der Waals surface area contributed by atoms with Crippen molar-refractivity contribution in [3.8, 4) is 33.4 Å². The van der Waals surface area contributed by atoms with Crippen LogP contribution < -0.4 is 4.90 Å². The van der Waals surface area contributed by atoms with Crippen molar-refractivity contribution >= 4 is 70.1 Å². The highest BCUT2D eigenvalue weighted by molar-refractivity contribution is 7.26. The molecule has 0 bridgehead atoms. The number of fused-ring (bicyclic) bond motifs is 5. The molecule has 0 amide bonds. The quantitative estimate of drug-likeness (QED) is 0.169. The fourth-order valence-electron chi connectivity index (χ4n) is 7.69. The van der Waals surface area contributed by atoms with Crippen LogP contribution in [0.15, 0.2) is 200 Å². The van der Waals surface area contributed by atoms with Gasteiger partial charge < -0.3 is 4.90 Å². The summed E-state index contributed by atoms with van der Waals surface area (Å²) >= 11 is 1.88.